The number of amides is 2. The predicted molar refractivity (Wildman–Crippen MR) is 76.0 cm³/mol. The van der Waals surface area contributed by atoms with Crippen molar-refractivity contribution >= 4 is 17.5 Å². The molecule has 0 radical (unpaired) electrons. The molecule has 2 amide bonds. The molecule has 0 aromatic heterocycles. The van der Waals surface area contributed by atoms with E-state index in [9.17, 15) is 23.5 Å². The number of hydrogen-bond donors (Lipinski definition) is 3. The van der Waals surface area contributed by atoms with E-state index in [0.717, 1.165) is 31.4 Å². The Kier molecular flexibility index (Phi) is 5.43. The van der Waals surface area contributed by atoms with Crippen LogP contribution in [-0.4, -0.2) is 29.6 Å². The quantitative estimate of drug-likeness (QED) is 0.741. The molecule has 1 aliphatic rings. The first-order valence-electron chi connectivity index (χ1n) is 7.19. The number of aliphatic hydroxyl groups excluding tert-OH is 1. The Labute approximate surface area is 126 Å². The summed E-state index contributed by atoms with van der Waals surface area (Å²) >= 11 is 0. The van der Waals surface area contributed by atoms with Crippen molar-refractivity contribution < 1.29 is 23.5 Å². The van der Waals surface area contributed by atoms with Crippen molar-refractivity contribution in [2.24, 2.45) is 5.92 Å². The average Bonchev–Trinajstić information content (AvgIpc) is 2.45. The van der Waals surface area contributed by atoms with Crippen LogP contribution in [0.1, 0.15) is 25.7 Å². The number of aliphatic hydroxyl groups is 1. The van der Waals surface area contributed by atoms with Gasteiger partial charge in [-0.3, -0.25) is 9.59 Å². The van der Waals surface area contributed by atoms with Gasteiger partial charge in [0, 0.05) is 24.2 Å². The van der Waals surface area contributed by atoms with Gasteiger partial charge < -0.3 is 15.7 Å². The molecule has 7 heteroatoms. The fraction of sp³-hybridized carbons (Fsp3) is 0.467. The van der Waals surface area contributed by atoms with Crippen molar-refractivity contribution in [2.75, 3.05) is 11.9 Å². The van der Waals surface area contributed by atoms with Gasteiger partial charge in [-0.15, -0.1) is 0 Å². The number of anilines is 1. The number of rotatable bonds is 3. The number of benzene rings is 1. The fourth-order valence-electron chi connectivity index (χ4n) is 2.54. The van der Waals surface area contributed by atoms with Crippen LogP contribution in [0.15, 0.2) is 18.2 Å². The van der Waals surface area contributed by atoms with Crippen LogP contribution in [-0.2, 0) is 9.59 Å². The minimum atomic E-state index is -1.00. The summed E-state index contributed by atoms with van der Waals surface area (Å²) in [6.45, 7) is 0.199. The molecule has 1 aliphatic carbocycles. The molecule has 0 aliphatic heterocycles. The molecule has 3 N–H and O–H groups in total. The third kappa shape index (κ3) is 4.49. The molecule has 2 atom stereocenters. The van der Waals surface area contributed by atoms with Gasteiger partial charge in [0.1, 0.15) is 11.6 Å². The summed E-state index contributed by atoms with van der Waals surface area (Å²) in [5.74, 6) is -3.67. The summed E-state index contributed by atoms with van der Waals surface area (Å²) in [6, 6.07) is 2.50. The molecule has 0 bridgehead atoms. The van der Waals surface area contributed by atoms with E-state index in [1.807, 2.05) is 0 Å². The summed E-state index contributed by atoms with van der Waals surface area (Å²) in [7, 11) is 0. The standard InChI is InChI=1S/C15H18F2N2O3/c16-10-5-11(17)7-12(6-10)19-15(22)14(21)18-8-9-3-1-2-4-13(9)20/h5-7,9,13,20H,1-4,8H2,(H,18,21)(H,19,22). The Morgan fingerprint density at radius 2 is 1.73 bits per heavy atom. The maximum Gasteiger partial charge on any atom is 0.313 e. The maximum atomic E-state index is 13.0. The molecule has 0 spiro atoms. The van der Waals surface area contributed by atoms with E-state index in [0.29, 0.717) is 12.5 Å². The summed E-state index contributed by atoms with van der Waals surface area (Å²) in [5.41, 5.74) is -0.129. The molecule has 0 heterocycles. The molecule has 120 valence electrons. The number of carbonyl (C=O) groups excluding carboxylic acids is 2. The second kappa shape index (κ2) is 7.31. The minimum Gasteiger partial charge on any atom is -0.393 e. The van der Waals surface area contributed by atoms with Crippen molar-refractivity contribution in [3.05, 3.63) is 29.8 Å². The topological polar surface area (TPSA) is 78.4 Å². The normalized spacial score (nSPS) is 21.2. The minimum absolute atomic E-state index is 0.0721. The third-order valence-electron chi connectivity index (χ3n) is 3.72. The van der Waals surface area contributed by atoms with Crippen molar-refractivity contribution in [3.63, 3.8) is 0 Å². The lowest BCUT2D eigenvalue weighted by molar-refractivity contribution is -0.136. The van der Waals surface area contributed by atoms with Crippen molar-refractivity contribution in [1.82, 2.24) is 5.32 Å². The fourth-order valence-corrected chi connectivity index (χ4v) is 2.54. The van der Waals surface area contributed by atoms with Crippen molar-refractivity contribution in [3.8, 4) is 0 Å². The zero-order chi connectivity index (χ0) is 16.1. The van der Waals surface area contributed by atoms with Crippen molar-refractivity contribution in [1.29, 1.82) is 0 Å². The van der Waals surface area contributed by atoms with E-state index < -0.39 is 29.6 Å². The molecule has 2 rings (SSSR count). The second-order valence-electron chi connectivity index (χ2n) is 5.43. The van der Waals surface area contributed by atoms with Gasteiger partial charge in [0.2, 0.25) is 0 Å². The van der Waals surface area contributed by atoms with Gasteiger partial charge in [-0.1, -0.05) is 12.8 Å². The molecule has 1 fully saturated rings. The van der Waals surface area contributed by atoms with Gasteiger partial charge in [0.05, 0.1) is 6.10 Å². The predicted octanol–water partition coefficient (Wildman–Crippen LogP) is 1.57. The van der Waals surface area contributed by atoms with Crippen LogP contribution in [0.4, 0.5) is 14.5 Å². The Bertz CT molecular complexity index is 545. The Balaban J connectivity index is 1.85. The van der Waals surface area contributed by atoms with Crippen LogP contribution >= 0.6 is 0 Å². The van der Waals surface area contributed by atoms with Crippen LogP contribution in [0.3, 0.4) is 0 Å². The number of carbonyl (C=O) groups is 2. The van der Waals surface area contributed by atoms with Crippen LogP contribution in [0, 0.1) is 17.6 Å². The first-order valence-corrected chi connectivity index (χ1v) is 7.19. The SMILES string of the molecule is O=C(NCC1CCCCC1O)C(=O)Nc1cc(F)cc(F)c1. The lowest BCUT2D eigenvalue weighted by Crippen LogP contribution is -2.41. The summed E-state index contributed by atoms with van der Waals surface area (Å²) in [5, 5.41) is 14.3. The first kappa shape index (κ1) is 16.4. The molecule has 1 saturated carbocycles. The monoisotopic (exact) mass is 312 g/mol. The third-order valence-corrected chi connectivity index (χ3v) is 3.72. The van der Waals surface area contributed by atoms with Gasteiger partial charge in [-0.05, 0) is 25.0 Å². The Morgan fingerprint density at radius 3 is 2.36 bits per heavy atom. The number of hydrogen-bond acceptors (Lipinski definition) is 3. The van der Waals surface area contributed by atoms with Gasteiger partial charge in [-0.2, -0.15) is 0 Å². The Hall–Kier alpha value is -2.02. The number of nitrogens with one attached hydrogen (secondary N) is 2. The van der Waals surface area contributed by atoms with E-state index >= 15 is 0 Å². The maximum absolute atomic E-state index is 13.0. The molecule has 1 aromatic rings. The molecule has 22 heavy (non-hydrogen) atoms. The summed E-state index contributed by atoms with van der Waals surface area (Å²) in [6.07, 6.45) is 2.94. The summed E-state index contributed by atoms with van der Waals surface area (Å²) < 4.78 is 26.0. The van der Waals surface area contributed by atoms with Crippen LogP contribution in [0.25, 0.3) is 0 Å². The average molecular weight is 312 g/mol. The molecule has 5 nitrogen and oxygen atoms in total. The highest BCUT2D eigenvalue weighted by atomic mass is 19.1. The van der Waals surface area contributed by atoms with E-state index in [-0.39, 0.29) is 18.2 Å². The lowest BCUT2D eigenvalue weighted by atomic mass is 9.86. The smallest absolute Gasteiger partial charge is 0.313 e. The van der Waals surface area contributed by atoms with Crippen molar-refractivity contribution in [2.45, 2.75) is 31.8 Å². The van der Waals surface area contributed by atoms with E-state index in [2.05, 4.69) is 10.6 Å². The molecular weight excluding hydrogens is 294 g/mol. The highest BCUT2D eigenvalue weighted by Crippen LogP contribution is 2.23. The largest absolute Gasteiger partial charge is 0.393 e. The van der Waals surface area contributed by atoms with E-state index in [4.69, 9.17) is 0 Å². The second-order valence-corrected chi connectivity index (χ2v) is 5.43. The van der Waals surface area contributed by atoms with Crippen LogP contribution in [0.5, 0.6) is 0 Å². The van der Waals surface area contributed by atoms with Gasteiger partial charge in [-0.25, -0.2) is 8.78 Å². The molecule has 2 unspecified atom stereocenters. The van der Waals surface area contributed by atoms with E-state index in [1.165, 1.54) is 0 Å². The van der Waals surface area contributed by atoms with Crippen LogP contribution < -0.4 is 10.6 Å². The highest BCUT2D eigenvalue weighted by Gasteiger charge is 2.24. The molecular formula is C15H18F2N2O3. The van der Waals surface area contributed by atoms with Crippen LogP contribution in [0.2, 0.25) is 0 Å². The zero-order valence-electron chi connectivity index (χ0n) is 11.9. The molecule has 0 saturated heterocycles. The van der Waals surface area contributed by atoms with Gasteiger partial charge in [0.25, 0.3) is 0 Å². The zero-order valence-corrected chi connectivity index (χ0v) is 11.9. The van der Waals surface area contributed by atoms with E-state index in [1.54, 1.807) is 0 Å². The van der Waals surface area contributed by atoms with Gasteiger partial charge in [0.15, 0.2) is 0 Å². The molecule has 1 aromatic carbocycles. The lowest BCUT2D eigenvalue weighted by Gasteiger charge is -2.27. The van der Waals surface area contributed by atoms with Gasteiger partial charge >= 0.3 is 11.8 Å². The summed E-state index contributed by atoms with van der Waals surface area (Å²) in [4.78, 5) is 23.3. The Morgan fingerprint density at radius 1 is 1.09 bits per heavy atom. The first-order chi connectivity index (χ1) is 10.5. The number of halogens is 2. The highest BCUT2D eigenvalue weighted by molar-refractivity contribution is 6.39.